The number of hydrogen-bond donors (Lipinski definition) is 3. The molecule has 1 rings (SSSR count). The molecule has 1 unspecified atom stereocenters. The van der Waals surface area contributed by atoms with Crippen LogP contribution in [0.4, 0.5) is 5.82 Å². The highest BCUT2D eigenvalue weighted by atomic mass is 16.3. The number of carbonyl (C=O) groups excluding carboxylic acids is 1. The Morgan fingerprint density at radius 1 is 1.41 bits per heavy atom. The van der Waals surface area contributed by atoms with Crippen LogP contribution in [0.2, 0.25) is 0 Å². The topological polar surface area (TPSA) is 87.1 Å². The van der Waals surface area contributed by atoms with Gasteiger partial charge in [-0.3, -0.25) is 4.79 Å². The molecular formula is C11H18N4O2. The van der Waals surface area contributed by atoms with E-state index in [2.05, 4.69) is 20.8 Å². The van der Waals surface area contributed by atoms with Gasteiger partial charge < -0.3 is 15.7 Å². The van der Waals surface area contributed by atoms with Crippen molar-refractivity contribution < 1.29 is 9.90 Å². The van der Waals surface area contributed by atoms with E-state index >= 15 is 0 Å². The number of nitrogens with one attached hydrogen (secondary N) is 2. The maximum Gasteiger partial charge on any atom is 0.271 e. The second kappa shape index (κ2) is 5.09. The third-order valence-electron chi connectivity index (χ3n) is 2.62. The number of rotatable bonds is 4. The zero-order valence-electron chi connectivity index (χ0n) is 10.5. The number of aromatic nitrogens is 2. The normalized spacial score (nSPS) is 13.0. The third-order valence-corrected chi connectivity index (χ3v) is 2.62. The van der Waals surface area contributed by atoms with Crippen molar-refractivity contribution >= 4 is 11.7 Å². The fourth-order valence-corrected chi connectivity index (χ4v) is 1.08. The van der Waals surface area contributed by atoms with Crippen LogP contribution in [0.3, 0.4) is 0 Å². The summed E-state index contributed by atoms with van der Waals surface area (Å²) in [4.78, 5) is 11.2. The van der Waals surface area contributed by atoms with E-state index in [4.69, 9.17) is 0 Å². The van der Waals surface area contributed by atoms with Gasteiger partial charge in [-0.05, 0) is 32.9 Å². The molecule has 0 fully saturated rings. The first kappa shape index (κ1) is 13.4. The van der Waals surface area contributed by atoms with E-state index in [0.717, 1.165) is 0 Å². The number of aliphatic hydroxyl groups is 1. The smallest absolute Gasteiger partial charge is 0.271 e. The third kappa shape index (κ3) is 3.39. The summed E-state index contributed by atoms with van der Waals surface area (Å²) in [5, 5.41) is 22.7. The summed E-state index contributed by atoms with van der Waals surface area (Å²) in [6.07, 6.45) is -0.539. The Hall–Kier alpha value is -1.69. The minimum Gasteiger partial charge on any atom is -0.391 e. The molecule has 0 aliphatic carbocycles. The van der Waals surface area contributed by atoms with Crippen molar-refractivity contribution in [3.8, 4) is 0 Å². The first-order valence-electron chi connectivity index (χ1n) is 5.39. The Morgan fingerprint density at radius 2 is 2.06 bits per heavy atom. The maximum atomic E-state index is 11.2. The summed E-state index contributed by atoms with van der Waals surface area (Å²) in [5.41, 5.74) is -0.253. The quantitative estimate of drug-likeness (QED) is 0.707. The Kier molecular flexibility index (Phi) is 4.01. The van der Waals surface area contributed by atoms with Gasteiger partial charge in [-0.2, -0.15) is 0 Å². The molecule has 17 heavy (non-hydrogen) atoms. The highest BCUT2D eigenvalue weighted by Gasteiger charge is 2.24. The Morgan fingerprint density at radius 3 is 2.47 bits per heavy atom. The van der Waals surface area contributed by atoms with Crippen LogP contribution in [0, 0.1) is 0 Å². The second-order valence-electron chi connectivity index (χ2n) is 4.41. The summed E-state index contributed by atoms with van der Waals surface area (Å²) in [5.74, 6) is 0.238. The number of aliphatic hydroxyl groups excluding tert-OH is 1. The molecule has 6 heteroatoms. The Bertz CT molecular complexity index is 387. The summed E-state index contributed by atoms with van der Waals surface area (Å²) in [6, 6.07) is 3.23. The molecule has 0 saturated heterocycles. The second-order valence-corrected chi connectivity index (χ2v) is 4.41. The minimum atomic E-state index is -0.539. The monoisotopic (exact) mass is 238 g/mol. The van der Waals surface area contributed by atoms with Gasteiger partial charge in [0.25, 0.3) is 5.91 Å². The summed E-state index contributed by atoms with van der Waals surface area (Å²) in [7, 11) is 1.53. The molecule has 0 aliphatic rings. The first-order valence-corrected chi connectivity index (χ1v) is 5.39. The molecule has 3 N–H and O–H groups in total. The van der Waals surface area contributed by atoms with Crippen LogP contribution in [0.15, 0.2) is 12.1 Å². The molecule has 1 amide bonds. The van der Waals surface area contributed by atoms with Gasteiger partial charge in [0.1, 0.15) is 5.82 Å². The summed E-state index contributed by atoms with van der Waals surface area (Å²) in [6.45, 7) is 5.40. The molecular weight excluding hydrogens is 220 g/mol. The van der Waals surface area contributed by atoms with Crippen molar-refractivity contribution in [2.24, 2.45) is 0 Å². The maximum absolute atomic E-state index is 11.2. The minimum absolute atomic E-state index is 0.257. The predicted octanol–water partition coefficient (Wildman–Crippen LogP) is 0.407. The van der Waals surface area contributed by atoms with E-state index in [1.54, 1.807) is 19.1 Å². The van der Waals surface area contributed by atoms with Gasteiger partial charge in [0.15, 0.2) is 5.69 Å². The molecule has 6 nitrogen and oxygen atoms in total. The molecule has 0 aromatic carbocycles. The lowest BCUT2D eigenvalue weighted by molar-refractivity contribution is 0.0957. The molecule has 1 aromatic rings. The van der Waals surface area contributed by atoms with Crippen molar-refractivity contribution in [2.45, 2.75) is 32.4 Å². The highest BCUT2D eigenvalue weighted by molar-refractivity contribution is 5.91. The van der Waals surface area contributed by atoms with E-state index in [-0.39, 0.29) is 11.6 Å². The van der Waals surface area contributed by atoms with Crippen LogP contribution >= 0.6 is 0 Å². The Balaban J connectivity index is 2.79. The van der Waals surface area contributed by atoms with Crippen molar-refractivity contribution in [3.63, 3.8) is 0 Å². The van der Waals surface area contributed by atoms with Crippen molar-refractivity contribution in [2.75, 3.05) is 12.4 Å². The fraction of sp³-hybridized carbons (Fsp3) is 0.545. The molecule has 0 spiro atoms. The van der Waals surface area contributed by atoms with Gasteiger partial charge in [-0.1, -0.05) is 0 Å². The van der Waals surface area contributed by atoms with E-state index in [0.29, 0.717) is 5.82 Å². The van der Waals surface area contributed by atoms with E-state index in [9.17, 15) is 9.90 Å². The molecule has 1 atom stereocenters. The van der Waals surface area contributed by atoms with Gasteiger partial charge in [-0.15, -0.1) is 10.2 Å². The lowest BCUT2D eigenvalue weighted by Gasteiger charge is -2.29. The summed E-state index contributed by atoms with van der Waals surface area (Å²) < 4.78 is 0. The highest BCUT2D eigenvalue weighted by Crippen LogP contribution is 2.15. The number of nitrogens with zero attached hydrogens (tertiary/aromatic N) is 2. The predicted molar refractivity (Wildman–Crippen MR) is 64.8 cm³/mol. The number of amides is 1. The van der Waals surface area contributed by atoms with Crippen LogP contribution in [0.25, 0.3) is 0 Å². The van der Waals surface area contributed by atoms with Crippen LogP contribution < -0.4 is 10.6 Å². The van der Waals surface area contributed by atoms with Gasteiger partial charge >= 0.3 is 0 Å². The van der Waals surface area contributed by atoms with Crippen LogP contribution in [0.1, 0.15) is 31.3 Å². The summed E-state index contributed by atoms with van der Waals surface area (Å²) >= 11 is 0. The van der Waals surface area contributed by atoms with E-state index in [1.165, 1.54) is 7.05 Å². The molecule has 0 saturated carbocycles. The van der Waals surface area contributed by atoms with Gasteiger partial charge in [0.2, 0.25) is 0 Å². The van der Waals surface area contributed by atoms with Crippen molar-refractivity contribution in [3.05, 3.63) is 17.8 Å². The lowest BCUT2D eigenvalue weighted by atomic mass is 9.99. The molecule has 0 aliphatic heterocycles. The molecule has 94 valence electrons. The Labute approximate surface area is 100 Å². The first-order chi connectivity index (χ1) is 7.86. The van der Waals surface area contributed by atoms with Crippen LogP contribution in [-0.2, 0) is 0 Å². The molecule has 0 radical (unpaired) electrons. The van der Waals surface area contributed by atoms with E-state index < -0.39 is 11.6 Å². The average Bonchev–Trinajstić information content (AvgIpc) is 2.28. The van der Waals surface area contributed by atoms with Gasteiger partial charge in [-0.25, -0.2) is 0 Å². The van der Waals surface area contributed by atoms with Crippen molar-refractivity contribution in [1.82, 2.24) is 15.5 Å². The molecule has 0 bridgehead atoms. The average molecular weight is 238 g/mol. The largest absolute Gasteiger partial charge is 0.391 e. The molecule has 1 aromatic heterocycles. The number of hydrogen-bond acceptors (Lipinski definition) is 5. The number of carbonyl (C=O) groups is 1. The van der Waals surface area contributed by atoms with Crippen LogP contribution in [0.5, 0.6) is 0 Å². The van der Waals surface area contributed by atoms with E-state index in [1.807, 2.05) is 13.8 Å². The lowest BCUT2D eigenvalue weighted by Crippen LogP contribution is -2.42. The van der Waals surface area contributed by atoms with Gasteiger partial charge in [0, 0.05) is 7.05 Å². The molecule has 1 heterocycles. The zero-order chi connectivity index (χ0) is 13.1. The van der Waals surface area contributed by atoms with Gasteiger partial charge in [0.05, 0.1) is 11.6 Å². The SMILES string of the molecule is CNC(=O)c1ccc(NC(C)(C)C(C)O)nn1. The number of anilines is 1. The van der Waals surface area contributed by atoms with Crippen LogP contribution in [-0.4, -0.2) is 39.9 Å². The standard InChI is InChI=1S/C11H18N4O2/c1-7(16)11(2,3)13-9-6-5-8(14-15-9)10(17)12-4/h5-7,16H,1-4H3,(H,12,17)(H,13,15). The van der Waals surface area contributed by atoms with Crippen molar-refractivity contribution in [1.29, 1.82) is 0 Å². The fourth-order valence-electron chi connectivity index (χ4n) is 1.08. The zero-order valence-corrected chi connectivity index (χ0v) is 10.5.